The van der Waals surface area contributed by atoms with Crippen molar-refractivity contribution in [3.63, 3.8) is 0 Å². The molecule has 0 saturated heterocycles. The van der Waals surface area contributed by atoms with Crippen LogP contribution in [0, 0.1) is 83.1 Å². The maximum Gasteiger partial charge on any atom is 0.288 e. The average molecular weight is 924 g/mol. The van der Waals surface area contributed by atoms with Crippen LogP contribution in [-0.2, 0) is 0 Å². The van der Waals surface area contributed by atoms with Crippen molar-refractivity contribution in [2.24, 2.45) is 9.98 Å². The lowest BCUT2D eigenvalue weighted by molar-refractivity contribution is 0.469. The van der Waals surface area contributed by atoms with E-state index < -0.39 is 0 Å². The zero-order valence-electron chi connectivity index (χ0n) is 43.7. The van der Waals surface area contributed by atoms with Crippen molar-refractivity contribution >= 4 is 90.6 Å². The van der Waals surface area contributed by atoms with Crippen molar-refractivity contribution in [1.29, 1.82) is 0 Å². The third-order valence-electron chi connectivity index (χ3n) is 15.6. The van der Waals surface area contributed by atoms with Gasteiger partial charge in [-0.2, -0.15) is 0 Å². The van der Waals surface area contributed by atoms with E-state index in [0.717, 1.165) is 22.5 Å². The summed E-state index contributed by atoms with van der Waals surface area (Å²) in [5, 5.41) is 4.84. The molecule has 0 radical (unpaired) electrons. The quantitative estimate of drug-likeness (QED) is 0.147. The van der Waals surface area contributed by atoms with Crippen LogP contribution in [0.1, 0.15) is 66.8 Å². The van der Waals surface area contributed by atoms with E-state index in [4.69, 9.17) is 9.98 Å². The Morgan fingerprint density at radius 2 is 0.761 bits per heavy atom. The highest BCUT2D eigenvalue weighted by Crippen LogP contribution is 2.41. The summed E-state index contributed by atoms with van der Waals surface area (Å²) in [5.74, 6) is 0.699. The number of benzene rings is 8. The molecule has 5 nitrogen and oxygen atoms in total. The topological polar surface area (TPSA) is 37.8 Å². The number of nitrogens with zero attached hydrogens (tertiary/aromatic N) is 5. The van der Waals surface area contributed by atoms with E-state index in [1.165, 1.54) is 121 Å². The summed E-state index contributed by atoms with van der Waals surface area (Å²) in [4.78, 5) is 14.6. The number of aromatic nitrogens is 2. The summed E-state index contributed by atoms with van der Waals surface area (Å²) in [6, 6.07) is 51.7. The van der Waals surface area contributed by atoms with Crippen LogP contribution in [0.3, 0.4) is 0 Å². The second-order valence-corrected chi connectivity index (χ2v) is 21.0. The van der Waals surface area contributed by atoms with Crippen LogP contribution in [0.2, 0.25) is 0 Å². The Bertz CT molecular complexity index is 3680. The lowest BCUT2D eigenvalue weighted by atomic mass is 9.33. The number of hydrogen-bond donors (Lipinski definition) is 0. The molecular weight excluding hydrogens is 860 g/mol. The number of fused-ring (bicyclic) bond motifs is 7. The highest BCUT2D eigenvalue weighted by Gasteiger charge is 2.44. The van der Waals surface area contributed by atoms with Crippen molar-refractivity contribution in [3.05, 3.63) is 206 Å². The zero-order chi connectivity index (χ0) is 49.7. The maximum absolute atomic E-state index is 6.11. The molecule has 1 aliphatic heterocycles. The molecule has 11 rings (SSSR count). The zero-order valence-corrected chi connectivity index (χ0v) is 43.7. The van der Waals surface area contributed by atoms with Crippen molar-refractivity contribution in [2.45, 2.75) is 89.1 Å². The Hall–Kier alpha value is -7.37. The molecule has 71 heavy (non-hydrogen) atoms. The predicted octanol–water partition coefficient (Wildman–Crippen LogP) is 12.2. The van der Waals surface area contributed by atoms with Crippen LogP contribution in [0.15, 0.2) is 150 Å². The van der Waals surface area contributed by atoms with Gasteiger partial charge in [-0.05, 0) is 119 Å². The third kappa shape index (κ3) is 7.46. The SMILES string of the molecule is Cc1cc(C)c(B(C2=NC(n3c4ccccc4c4c5c6ccccc6n(-c6ccccc6)c5ccc43)=NC(B(c3c(C)cc(C)cc3C)c3c(C)cc(C)cc3C)N2C)c2c(C)cc(C)cc2C)c(C)c1. The maximum atomic E-state index is 6.11. The number of aliphatic imine (C=N–C) groups is 2. The molecule has 0 saturated carbocycles. The summed E-state index contributed by atoms with van der Waals surface area (Å²) in [6.07, 6.45) is 0. The van der Waals surface area contributed by atoms with E-state index in [-0.39, 0.29) is 19.5 Å². The molecule has 1 atom stereocenters. The van der Waals surface area contributed by atoms with Gasteiger partial charge in [-0.15, -0.1) is 0 Å². The Morgan fingerprint density at radius 1 is 0.394 bits per heavy atom. The minimum Gasteiger partial charge on any atom is -0.354 e. The molecule has 0 N–H and O–H groups in total. The van der Waals surface area contributed by atoms with E-state index in [1.54, 1.807) is 0 Å². The average Bonchev–Trinajstić information content (AvgIpc) is 3.83. The Kier molecular flexibility index (Phi) is 11.3. The lowest BCUT2D eigenvalue weighted by Gasteiger charge is -2.40. The van der Waals surface area contributed by atoms with Crippen molar-refractivity contribution in [1.82, 2.24) is 14.0 Å². The summed E-state index contributed by atoms with van der Waals surface area (Å²) >= 11 is 0. The number of rotatable bonds is 7. The Morgan fingerprint density at radius 3 is 1.20 bits per heavy atom. The van der Waals surface area contributed by atoms with Gasteiger partial charge in [0.2, 0.25) is 5.96 Å². The molecule has 0 amide bonds. The highest BCUT2D eigenvalue weighted by molar-refractivity contribution is 7.09. The van der Waals surface area contributed by atoms with E-state index in [1.807, 2.05) is 0 Å². The molecule has 1 aliphatic rings. The molecule has 0 spiro atoms. The summed E-state index contributed by atoms with van der Waals surface area (Å²) in [7, 11) is 2.27. The van der Waals surface area contributed by atoms with Crippen LogP contribution in [0.5, 0.6) is 0 Å². The minimum atomic E-state index is -0.378. The summed E-state index contributed by atoms with van der Waals surface area (Å²) in [5.41, 5.74) is 27.2. The summed E-state index contributed by atoms with van der Waals surface area (Å²) in [6.45, 7) is 26.9. The molecule has 8 aromatic carbocycles. The van der Waals surface area contributed by atoms with Crippen LogP contribution >= 0.6 is 0 Å². The number of amidine groups is 1. The van der Waals surface area contributed by atoms with Gasteiger partial charge in [0.15, 0.2) is 0 Å². The third-order valence-corrected chi connectivity index (χ3v) is 15.6. The first-order chi connectivity index (χ1) is 34.1. The number of hydrogen-bond acceptors (Lipinski definition) is 3. The Labute approximate surface area is 420 Å². The molecule has 2 aromatic heterocycles. The normalized spacial score (nSPS) is 14.0. The molecule has 0 fully saturated rings. The highest BCUT2D eigenvalue weighted by atomic mass is 15.3. The van der Waals surface area contributed by atoms with Gasteiger partial charge in [-0.3, -0.25) is 4.57 Å². The first kappa shape index (κ1) is 46.0. The molecule has 0 aliphatic carbocycles. The van der Waals surface area contributed by atoms with Crippen molar-refractivity contribution in [2.75, 3.05) is 7.05 Å². The van der Waals surface area contributed by atoms with Gasteiger partial charge in [0.1, 0.15) is 6.07 Å². The second-order valence-electron chi connectivity index (χ2n) is 21.0. The van der Waals surface area contributed by atoms with Gasteiger partial charge in [0, 0.05) is 34.3 Å². The number of aryl methyl sites for hydroxylation is 12. The van der Waals surface area contributed by atoms with Crippen LogP contribution in [-0.4, -0.2) is 52.3 Å². The second kappa shape index (κ2) is 17.5. The standard InChI is InChI=1S/C64H63B2N5/c1-37-29-41(5)58(42(6)30-37)65(59-43(7)31-38(2)32-44(59)8)62-67-64(68-63(69(62)13)66(60-45(9)33-39(3)34-46(60)10)61-47(11)35-40(4)36-48(61)12)71-53-26-20-18-24-51(53)57-55(71)28-27-54-56(57)50-23-17-19-25-52(50)70(54)49-21-15-14-16-22-49/h14-36,62H,1-13H3. The molecule has 1 unspecified atom stereocenters. The van der Waals surface area contributed by atoms with E-state index >= 15 is 0 Å². The fourth-order valence-corrected chi connectivity index (χ4v) is 13.3. The first-order valence-electron chi connectivity index (χ1n) is 25.3. The molecule has 350 valence electrons. The first-order valence-corrected chi connectivity index (χ1v) is 25.3. The minimum absolute atomic E-state index is 0.133. The summed E-state index contributed by atoms with van der Waals surface area (Å²) < 4.78 is 4.81. The van der Waals surface area contributed by atoms with Gasteiger partial charge < -0.3 is 9.47 Å². The van der Waals surface area contributed by atoms with Crippen LogP contribution in [0.25, 0.3) is 49.3 Å². The van der Waals surface area contributed by atoms with Gasteiger partial charge in [-0.1, -0.05) is 192 Å². The molecule has 3 heterocycles. The molecule has 7 heteroatoms. The van der Waals surface area contributed by atoms with Gasteiger partial charge in [0.05, 0.1) is 27.8 Å². The monoisotopic (exact) mass is 924 g/mol. The molecule has 0 bridgehead atoms. The lowest BCUT2D eigenvalue weighted by Crippen LogP contribution is -2.67. The van der Waals surface area contributed by atoms with Crippen molar-refractivity contribution in [3.8, 4) is 5.69 Å². The number of para-hydroxylation sites is 3. The van der Waals surface area contributed by atoms with E-state index in [2.05, 4.69) is 244 Å². The fourth-order valence-electron chi connectivity index (χ4n) is 13.3. The van der Waals surface area contributed by atoms with Crippen molar-refractivity contribution < 1.29 is 0 Å². The van der Waals surface area contributed by atoms with Crippen LogP contribution < -0.4 is 21.9 Å². The van der Waals surface area contributed by atoms with E-state index in [0.29, 0.717) is 5.96 Å². The Balaban J connectivity index is 1.29. The molecular formula is C64H63B2N5. The van der Waals surface area contributed by atoms with Gasteiger partial charge in [-0.25, -0.2) is 9.98 Å². The smallest absolute Gasteiger partial charge is 0.288 e. The largest absolute Gasteiger partial charge is 0.354 e. The van der Waals surface area contributed by atoms with Gasteiger partial charge in [0.25, 0.3) is 13.4 Å². The molecule has 10 aromatic rings. The fraction of sp³-hybridized carbons (Fsp3) is 0.219. The van der Waals surface area contributed by atoms with Crippen LogP contribution in [0.4, 0.5) is 0 Å². The van der Waals surface area contributed by atoms with E-state index in [9.17, 15) is 0 Å². The predicted molar refractivity (Wildman–Crippen MR) is 308 cm³/mol. The van der Waals surface area contributed by atoms with Gasteiger partial charge >= 0.3 is 0 Å².